The number of carbonyl (C=O) groups is 1. The van der Waals surface area contributed by atoms with Crippen molar-refractivity contribution in [2.45, 2.75) is 93.7 Å². The van der Waals surface area contributed by atoms with Gasteiger partial charge >= 0.3 is 0 Å². The quantitative estimate of drug-likeness (QED) is 0.240. The molecule has 0 radical (unpaired) electrons. The van der Waals surface area contributed by atoms with Crippen LogP contribution in [0.15, 0.2) is 48.5 Å². The number of hydrogen-bond donors (Lipinski definition) is 3. The third kappa shape index (κ3) is 12.7. The highest BCUT2D eigenvalue weighted by Crippen LogP contribution is 2.24. The Morgan fingerprint density at radius 2 is 1.28 bits per heavy atom. The molecule has 3 N–H and O–H groups in total. The van der Waals surface area contributed by atoms with Crippen LogP contribution in [0.5, 0.6) is 0 Å². The normalized spacial score (nSPS) is 12.3. The molecule has 1 heterocycles. The van der Waals surface area contributed by atoms with Crippen molar-refractivity contribution < 1.29 is 4.79 Å². The van der Waals surface area contributed by atoms with Gasteiger partial charge in [0.2, 0.25) is 17.8 Å². The minimum absolute atomic E-state index is 0.582. The Labute approximate surface area is 236 Å². The number of hydrogen-bond acceptors (Lipinski definition) is 7. The van der Waals surface area contributed by atoms with Crippen molar-refractivity contribution in [1.82, 2.24) is 15.0 Å². The Balaban J connectivity index is 0.000000996. The predicted octanol–water partition coefficient (Wildman–Crippen LogP) is 7.96. The van der Waals surface area contributed by atoms with Crippen LogP contribution in [0.1, 0.15) is 89.0 Å². The molecule has 1 aliphatic rings. The molecule has 4 rings (SSSR count). The maximum Gasteiger partial charge on any atom is 0.229 e. The van der Waals surface area contributed by atoms with Gasteiger partial charge in [0.1, 0.15) is 6.29 Å². The number of nitrogens with zero attached hydrogens (tertiary/aromatic N) is 3. The maximum atomic E-state index is 8.81. The molecule has 1 fully saturated rings. The largest absolute Gasteiger partial charge is 0.354 e. The van der Waals surface area contributed by atoms with Gasteiger partial charge in [-0.25, -0.2) is 0 Å². The number of aldehydes is 1. The molecular weight excluding hydrogens is 484 g/mol. The van der Waals surface area contributed by atoms with Gasteiger partial charge in [-0.2, -0.15) is 15.0 Å². The smallest absolute Gasteiger partial charge is 0.229 e. The molecule has 7 heteroatoms. The number of nitrogens with one attached hydrogen (secondary N) is 3. The Bertz CT molecular complexity index is 1050. The van der Waals surface area contributed by atoms with Crippen molar-refractivity contribution in [1.29, 1.82) is 0 Å². The highest BCUT2D eigenvalue weighted by Gasteiger charge is 2.14. The minimum atomic E-state index is 0.582. The lowest BCUT2D eigenvalue weighted by Crippen LogP contribution is -2.19. The van der Waals surface area contributed by atoms with Crippen LogP contribution in [0, 0.1) is 19.8 Å². The average molecular weight is 535 g/mol. The van der Waals surface area contributed by atoms with Crippen molar-refractivity contribution in [2.24, 2.45) is 5.92 Å². The number of carbonyl (C=O) groups excluding carboxylic acids is 1. The van der Waals surface area contributed by atoms with E-state index in [1.807, 2.05) is 45.9 Å². The lowest BCUT2D eigenvalue weighted by atomic mass is 9.89. The molecule has 0 unspecified atom stereocenters. The van der Waals surface area contributed by atoms with Crippen LogP contribution in [-0.4, -0.2) is 27.8 Å². The summed E-state index contributed by atoms with van der Waals surface area (Å²) in [5.74, 6) is 2.50. The van der Waals surface area contributed by atoms with E-state index >= 15 is 0 Å². The van der Waals surface area contributed by atoms with Gasteiger partial charge in [0, 0.05) is 19.6 Å². The number of aryl methyl sites for hydroxylation is 1. The van der Waals surface area contributed by atoms with Gasteiger partial charge in [-0.1, -0.05) is 95.5 Å². The summed E-state index contributed by atoms with van der Waals surface area (Å²) in [5.41, 5.74) is 5.03. The van der Waals surface area contributed by atoms with Gasteiger partial charge in [-0.15, -0.1) is 0 Å². The van der Waals surface area contributed by atoms with E-state index in [4.69, 9.17) is 4.79 Å². The second-order valence-electron chi connectivity index (χ2n) is 8.98. The zero-order chi connectivity index (χ0) is 28.9. The van der Waals surface area contributed by atoms with Gasteiger partial charge in [0.05, 0.1) is 0 Å². The molecule has 0 atom stereocenters. The standard InChI is InChI=1S/C26H34N6.C2H4O.2C2H6/c1-19-10-9-15-23(20(19)2)18-29-26-31-24(27-16-21-11-5-3-6-12-21)30-25(32-26)28-17-22-13-7-4-8-14-22;1-2-3;2*1-2/h3,5-6,9-12,15,22H,4,7-8,13-14,16-18H2,1-2H3,(H3,27,28,29,30,31,32);2H,1H3;2*1-2H3. The Morgan fingerprint density at radius 3 is 1.87 bits per heavy atom. The van der Waals surface area contributed by atoms with E-state index in [2.05, 4.69) is 75.1 Å². The summed E-state index contributed by atoms with van der Waals surface area (Å²) < 4.78 is 0. The van der Waals surface area contributed by atoms with Crippen molar-refractivity contribution >= 4 is 24.1 Å². The SMILES string of the molecule is CC.CC.CC=O.Cc1cccc(CNc2nc(NCc3ccccc3)nc(NCC3CCCCC3)n2)c1C. The summed E-state index contributed by atoms with van der Waals surface area (Å²) in [4.78, 5) is 22.7. The lowest BCUT2D eigenvalue weighted by molar-refractivity contribution is -0.106. The van der Waals surface area contributed by atoms with Gasteiger partial charge in [-0.3, -0.25) is 0 Å². The van der Waals surface area contributed by atoms with Crippen LogP contribution in [0.4, 0.5) is 17.8 Å². The molecule has 7 nitrogen and oxygen atoms in total. The average Bonchev–Trinajstić information content (AvgIpc) is 2.99. The van der Waals surface area contributed by atoms with Crippen LogP contribution in [0.3, 0.4) is 0 Å². The van der Waals surface area contributed by atoms with E-state index in [9.17, 15) is 0 Å². The maximum absolute atomic E-state index is 8.81. The zero-order valence-corrected chi connectivity index (χ0v) is 25.2. The summed E-state index contributed by atoms with van der Waals surface area (Å²) in [6.07, 6.45) is 7.35. The third-order valence-corrected chi connectivity index (χ3v) is 6.36. The first-order chi connectivity index (χ1) is 19.1. The van der Waals surface area contributed by atoms with Crippen molar-refractivity contribution in [2.75, 3.05) is 22.5 Å². The van der Waals surface area contributed by atoms with Crippen LogP contribution >= 0.6 is 0 Å². The molecule has 1 aliphatic carbocycles. The molecule has 39 heavy (non-hydrogen) atoms. The second kappa shape index (κ2) is 20.5. The number of anilines is 3. The van der Waals surface area contributed by atoms with Crippen LogP contribution in [0.2, 0.25) is 0 Å². The minimum Gasteiger partial charge on any atom is -0.354 e. The van der Waals surface area contributed by atoms with Crippen LogP contribution in [-0.2, 0) is 17.9 Å². The van der Waals surface area contributed by atoms with E-state index < -0.39 is 0 Å². The summed E-state index contributed by atoms with van der Waals surface area (Å²) in [7, 11) is 0. The fourth-order valence-corrected chi connectivity index (χ4v) is 4.19. The topological polar surface area (TPSA) is 91.8 Å². The van der Waals surface area contributed by atoms with Crippen LogP contribution < -0.4 is 16.0 Å². The first kappa shape index (κ1) is 33.5. The zero-order valence-electron chi connectivity index (χ0n) is 25.2. The highest BCUT2D eigenvalue weighted by atomic mass is 16.1. The summed E-state index contributed by atoms with van der Waals surface area (Å²) in [6.45, 7) is 16.0. The number of benzene rings is 2. The van der Waals surface area contributed by atoms with Crippen LogP contribution in [0.25, 0.3) is 0 Å². The Hall–Kier alpha value is -3.48. The molecule has 0 amide bonds. The molecule has 0 spiro atoms. The van der Waals surface area contributed by atoms with E-state index in [-0.39, 0.29) is 0 Å². The highest BCUT2D eigenvalue weighted by molar-refractivity contribution is 5.44. The summed E-state index contributed by atoms with van der Waals surface area (Å²) in [6, 6.07) is 16.7. The molecule has 1 saturated carbocycles. The predicted molar refractivity (Wildman–Crippen MR) is 166 cm³/mol. The fraction of sp³-hybridized carbons (Fsp3) is 0.500. The molecule has 0 saturated heterocycles. The molecule has 0 bridgehead atoms. The number of rotatable bonds is 9. The molecule has 2 aromatic carbocycles. The fourth-order valence-electron chi connectivity index (χ4n) is 4.19. The first-order valence-electron chi connectivity index (χ1n) is 14.6. The second-order valence-corrected chi connectivity index (χ2v) is 8.98. The lowest BCUT2D eigenvalue weighted by Gasteiger charge is -2.22. The third-order valence-electron chi connectivity index (χ3n) is 6.36. The first-order valence-corrected chi connectivity index (χ1v) is 14.6. The Morgan fingerprint density at radius 1 is 0.744 bits per heavy atom. The van der Waals surface area contributed by atoms with Gasteiger partial charge in [0.25, 0.3) is 0 Å². The Kier molecular flexibility index (Phi) is 17.6. The van der Waals surface area contributed by atoms with Crippen molar-refractivity contribution in [3.63, 3.8) is 0 Å². The van der Waals surface area contributed by atoms with Crippen molar-refractivity contribution in [3.05, 3.63) is 70.8 Å². The molecule has 3 aromatic rings. The molecule has 0 aliphatic heterocycles. The summed E-state index contributed by atoms with van der Waals surface area (Å²) >= 11 is 0. The van der Waals surface area contributed by atoms with E-state index in [1.54, 1.807) is 0 Å². The van der Waals surface area contributed by atoms with Gasteiger partial charge in [-0.05, 0) is 61.8 Å². The van der Waals surface area contributed by atoms with E-state index in [0.717, 1.165) is 12.8 Å². The molecule has 214 valence electrons. The monoisotopic (exact) mass is 534 g/mol. The van der Waals surface area contributed by atoms with E-state index in [0.29, 0.717) is 36.9 Å². The summed E-state index contributed by atoms with van der Waals surface area (Å²) in [5, 5.41) is 10.2. The molecule has 1 aromatic heterocycles. The van der Waals surface area contributed by atoms with Gasteiger partial charge < -0.3 is 20.7 Å². The van der Waals surface area contributed by atoms with Gasteiger partial charge in [0.15, 0.2) is 0 Å². The number of aromatic nitrogens is 3. The van der Waals surface area contributed by atoms with E-state index in [1.165, 1.54) is 61.3 Å². The van der Waals surface area contributed by atoms with Crippen molar-refractivity contribution in [3.8, 4) is 0 Å². The molecular formula is C32H50N6O.